The van der Waals surface area contributed by atoms with Gasteiger partial charge in [0.25, 0.3) is 0 Å². The number of rotatable bonds is 8. The van der Waals surface area contributed by atoms with Crippen LogP contribution in [0.1, 0.15) is 22.7 Å². The van der Waals surface area contributed by atoms with Gasteiger partial charge in [-0.05, 0) is 28.8 Å². The van der Waals surface area contributed by atoms with Crippen LogP contribution in [0.15, 0.2) is 84.9 Å². The Morgan fingerprint density at radius 2 is 1.48 bits per heavy atom. The van der Waals surface area contributed by atoms with Gasteiger partial charge in [0, 0.05) is 6.54 Å². The molecule has 0 saturated carbocycles. The minimum Gasteiger partial charge on any atom is -0.489 e. The highest BCUT2D eigenvalue weighted by atomic mass is 16.5. The van der Waals surface area contributed by atoms with Crippen molar-refractivity contribution in [1.82, 2.24) is 4.90 Å². The van der Waals surface area contributed by atoms with Gasteiger partial charge in [-0.25, -0.2) is 4.79 Å². The SMILES string of the molecule is NC1CN(C(C(=O)OCc2ccccc2)c2ccc(OCc3ccccc3)cc2)C1=O. The van der Waals surface area contributed by atoms with Gasteiger partial charge < -0.3 is 20.1 Å². The zero-order valence-corrected chi connectivity index (χ0v) is 17.0. The molecule has 2 unspecified atom stereocenters. The lowest BCUT2D eigenvalue weighted by Gasteiger charge is -2.40. The van der Waals surface area contributed by atoms with Gasteiger partial charge >= 0.3 is 5.97 Å². The molecule has 0 radical (unpaired) electrons. The monoisotopic (exact) mass is 416 g/mol. The van der Waals surface area contributed by atoms with Gasteiger partial charge in [0.05, 0.1) is 0 Å². The molecule has 3 aromatic rings. The number of likely N-dealkylation sites (tertiary alicyclic amines) is 1. The summed E-state index contributed by atoms with van der Waals surface area (Å²) in [6.45, 7) is 0.904. The first kappa shape index (κ1) is 20.6. The number of hydrogen-bond acceptors (Lipinski definition) is 5. The number of ether oxygens (including phenoxy) is 2. The molecule has 1 aliphatic heterocycles. The van der Waals surface area contributed by atoms with Crippen LogP contribution in [0.25, 0.3) is 0 Å². The molecule has 2 N–H and O–H groups in total. The van der Waals surface area contributed by atoms with E-state index in [1.165, 1.54) is 4.90 Å². The van der Waals surface area contributed by atoms with Crippen molar-refractivity contribution >= 4 is 11.9 Å². The second kappa shape index (κ2) is 9.45. The van der Waals surface area contributed by atoms with E-state index in [1.807, 2.05) is 60.7 Å². The maximum Gasteiger partial charge on any atom is 0.333 e. The van der Waals surface area contributed by atoms with E-state index < -0.39 is 18.1 Å². The Hall–Kier alpha value is -3.64. The zero-order chi connectivity index (χ0) is 21.6. The van der Waals surface area contributed by atoms with Crippen molar-refractivity contribution in [3.63, 3.8) is 0 Å². The summed E-state index contributed by atoms with van der Waals surface area (Å²) in [5, 5.41) is 0. The summed E-state index contributed by atoms with van der Waals surface area (Å²) >= 11 is 0. The molecule has 1 fully saturated rings. The van der Waals surface area contributed by atoms with E-state index in [0.29, 0.717) is 24.5 Å². The first-order chi connectivity index (χ1) is 15.1. The third-order valence-electron chi connectivity index (χ3n) is 5.20. The van der Waals surface area contributed by atoms with Crippen molar-refractivity contribution in [2.45, 2.75) is 25.3 Å². The van der Waals surface area contributed by atoms with E-state index >= 15 is 0 Å². The zero-order valence-electron chi connectivity index (χ0n) is 17.0. The number of nitrogens with zero attached hydrogens (tertiary/aromatic N) is 1. The Morgan fingerprint density at radius 1 is 0.903 bits per heavy atom. The number of esters is 1. The summed E-state index contributed by atoms with van der Waals surface area (Å²) in [6.07, 6.45) is 0. The molecular formula is C25H24N2O4. The molecule has 1 heterocycles. The largest absolute Gasteiger partial charge is 0.489 e. The average Bonchev–Trinajstić information content (AvgIpc) is 2.83. The van der Waals surface area contributed by atoms with Crippen molar-refractivity contribution in [1.29, 1.82) is 0 Å². The van der Waals surface area contributed by atoms with Crippen LogP contribution in [-0.2, 0) is 27.5 Å². The number of hydrogen-bond donors (Lipinski definition) is 1. The van der Waals surface area contributed by atoms with Gasteiger partial charge in [0.2, 0.25) is 5.91 Å². The number of carbonyl (C=O) groups excluding carboxylic acids is 2. The molecule has 1 aliphatic rings. The first-order valence-electron chi connectivity index (χ1n) is 10.1. The topological polar surface area (TPSA) is 81.9 Å². The highest BCUT2D eigenvalue weighted by Crippen LogP contribution is 2.29. The number of nitrogens with two attached hydrogens (primary N) is 1. The van der Waals surface area contributed by atoms with Crippen molar-refractivity contribution in [3.05, 3.63) is 102 Å². The van der Waals surface area contributed by atoms with Gasteiger partial charge in [-0.2, -0.15) is 0 Å². The Balaban J connectivity index is 1.45. The molecule has 0 bridgehead atoms. The lowest BCUT2D eigenvalue weighted by molar-refractivity contribution is -0.163. The summed E-state index contributed by atoms with van der Waals surface area (Å²) in [6, 6.07) is 25.0. The van der Waals surface area contributed by atoms with Gasteiger partial charge in [-0.1, -0.05) is 72.8 Å². The van der Waals surface area contributed by atoms with Crippen molar-refractivity contribution in [2.75, 3.05) is 6.54 Å². The fourth-order valence-corrected chi connectivity index (χ4v) is 3.45. The second-order valence-electron chi connectivity index (χ2n) is 7.44. The smallest absolute Gasteiger partial charge is 0.333 e. The van der Waals surface area contributed by atoms with Crippen molar-refractivity contribution in [3.8, 4) is 5.75 Å². The van der Waals surface area contributed by atoms with Gasteiger partial charge in [-0.15, -0.1) is 0 Å². The summed E-state index contributed by atoms with van der Waals surface area (Å²) in [5.41, 5.74) is 8.35. The standard InChI is InChI=1S/C25H24N2O4/c26-22-15-27(24(22)28)23(25(29)31-17-19-9-5-2-6-10-19)20-11-13-21(14-12-20)30-16-18-7-3-1-4-8-18/h1-14,22-23H,15-17,26H2. The van der Waals surface area contributed by atoms with E-state index in [1.54, 1.807) is 24.3 Å². The maximum absolute atomic E-state index is 12.9. The molecule has 6 heteroatoms. The first-order valence-corrected chi connectivity index (χ1v) is 10.1. The fraction of sp³-hybridized carbons (Fsp3) is 0.200. The number of carbonyl (C=O) groups is 2. The third-order valence-corrected chi connectivity index (χ3v) is 5.20. The van der Waals surface area contributed by atoms with Crippen LogP contribution < -0.4 is 10.5 Å². The Labute approximate surface area is 181 Å². The molecule has 3 aromatic carbocycles. The van der Waals surface area contributed by atoms with E-state index in [9.17, 15) is 9.59 Å². The molecule has 6 nitrogen and oxygen atoms in total. The maximum atomic E-state index is 12.9. The molecule has 0 spiro atoms. The summed E-state index contributed by atoms with van der Waals surface area (Å²) in [4.78, 5) is 26.6. The molecule has 0 aromatic heterocycles. The summed E-state index contributed by atoms with van der Waals surface area (Å²) < 4.78 is 11.3. The van der Waals surface area contributed by atoms with E-state index in [-0.39, 0.29) is 12.5 Å². The van der Waals surface area contributed by atoms with Crippen molar-refractivity contribution < 1.29 is 19.1 Å². The Morgan fingerprint density at radius 3 is 2.03 bits per heavy atom. The predicted octanol–water partition coefficient (Wildman–Crippen LogP) is 3.22. The van der Waals surface area contributed by atoms with Crippen molar-refractivity contribution in [2.24, 2.45) is 5.73 Å². The predicted molar refractivity (Wildman–Crippen MR) is 116 cm³/mol. The Kier molecular flexibility index (Phi) is 6.29. The number of benzene rings is 3. The highest BCUT2D eigenvalue weighted by Gasteiger charge is 2.43. The molecule has 4 rings (SSSR count). The summed E-state index contributed by atoms with van der Waals surface area (Å²) in [5.74, 6) is -0.0660. The lowest BCUT2D eigenvalue weighted by atomic mass is 9.98. The molecule has 1 amide bonds. The van der Waals surface area contributed by atoms with Crippen LogP contribution in [0.5, 0.6) is 5.75 Å². The number of amides is 1. The number of β-lactam (4-membered cyclic amide) rings is 1. The van der Waals surface area contributed by atoms with Crippen LogP contribution in [0.2, 0.25) is 0 Å². The summed E-state index contributed by atoms with van der Waals surface area (Å²) in [7, 11) is 0. The van der Waals surface area contributed by atoms with Gasteiger partial charge in [0.15, 0.2) is 6.04 Å². The van der Waals surface area contributed by atoms with E-state index in [0.717, 1.165) is 11.1 Å². The third kappa shape index (κ3) is 4.92. The van der Waals surface area contributed by atoms with Crippen LogP contribution in [0.3, 0.4) is 0 Å². The lowest BCUT2D eigenvalue weighted by Crippen LogP contribution is -2.62. The molecule has 31 heavy (non-hydrogen) atoms. The molecule has 0 aliphatic carbocycles. The highest BCUT2D eigenvalue weighted by molar-refractivity contribution is 5.92. The quantitative estimate of drug-likeness (QED) is 0.450. The van der Waals surface area contributed by atoms with E-state index in [4.69, 9.17) is 15.2 Å². The fourth-order valence-electron chi connectivity index (χ4n) is 3.45. The Bertz CT molecular complexity index is 1020. The normalized spacial score (nSPS) is 16.4. The minimum atomic E-state index is -0.834. The van der Waals surface area contributed by atoms with Crippen LogP contribution in [0, 0.1) is 0 Å². The minimum absolute atomic E-state index is 0.141. The molecular weight excluding hydrogens is 392 g/mol. The van der Waals surface area contributed by atoms with Crippen LogP contribution in [-0.4, -0.2) is 29.4 Å². The van der Waals surface area contributed by atoms with Gasteiger partial charge in [-0.3, -0.25) is 4.79 Å². The molecule has 2 atom stereocenters. The molecule has 1 saturated heterocycles. The average molecular weight is 416 g/mol. The van der Waals surface area contributed by atoms with Gasteiger partial charge in [0.1, 0.15) is 25.0 Å². The second-order valence-corrected chi connectivity index (χ2v) is 7.44. The van der Waals surface area contributed by atoms with Crippen LogP contribution in [0.4, 0.5) is 0 Å². The van der Waals surface area contributed by atoms with E-state index in [2.05, 4.69) is 0 Å². The molecule has 158 valence electrons. The van der Waals surface area contributed by atoms with Crippen LogP contribution >= 0.6 is 0 Å².